The summed E-state index contributed by atoms with van der Waals surface area (Å²) >= 11 is 0. The van der Waals surface area contributed by atoms with Crippen molar-refractivity contribution < 1.29 is 14.3 Å². The number of aryl methyl sites for hydroxylation is 1. The smallest absolute Gasteiger partial charge is 0.251 e. The van der Waals surface area contributed by atoms with E-state index in [-0.39, 0.29) is 18.7 Å². The minimum atomic E-state index is -0.120. The molecule has 2 aromatic carbocycles. The number of carbonyl (C=O) groups is 1. The number of carbonyl (C=O) groups excluding carboxylic acids is 1. The molecule has 1 N–H and O–H groups in total. The van der Waals surface area contributed by atoms with Gasteiger partial charge in [-0.15, -0.1) is 0 Å². The Labute approximate surface area is 130 Å². The summed E-state index contributed by atoms with van der Waals surface area (Å²) in [4.78, 5) is 12.3. The van der Waals surface area contributed by atoms with Gasteiger partial charge in [0.05, 0.1) is 6.04 Å². The van der Waals surface area contributed by atoms with E-state index in [4.69, 9.17) is 9.47 Å². The van der Waals surface area contributed by atoms with Crippen LogP contribution in [0.15, 0.2) is 42.5 Å². The van der Waals surface area contributed by atoms with Gasteiger partial charge in [0.25, 0.3) is 5.91 Å². The topological polar surface area (TPSA) is 47.6 Å². The molecule has 0 aliphatic carbocycles. The number of amides is 1. The number of fused-ring (bicyclic) bond motifs is 1. The van der Waals surface area contributed by atoms with Crippen molar-refractivity contribution in [3.05, 3.63) is 59.2 Å². The van der Waals surface area contributed by atoms with E-state index in [1.807, 2.05) is 6.92 Å². The first kappa shape index (κ1) is 14.4. The first-order valence-electron chi connectivity index (χ1n) is 7.46. The first-order valence-corrected chi connectivity index (χ1v) is 7.46. The maximum absolute atomic E-state index is 12.3. The molecule has 22 heavy (non-hydrogen) atoms. The summed E-state index contributed by atoms with van der Waals surface area (Å²) in [6, 6.07) is 13.5. The van der Waals surface area contributed by atoms with Crippen molar-refractivity contribution >= 4 is 5.91 Å². The van der Waals surface area contributed by atoms with Crippen molar-refractivity contribution in [2.75, 3.05) is 6.79 Å². The van der Waals surface area contributed by atoms with Crippen LogP contribution >= 0.6 is 0 Å². The van der Waals surface area contributed by atoms with Gasteiger partial charge in [-0.2, -0.15) is 0 Å². The number of ether oxygens (including phenoxy) is 2. The summed E-state index contributed by atoms with van der Waals surface area (Å²) in [6.07, 6.45) is 1.01. The molecule has 4 heteroatoms. The fourth-order valence-corrected chi connectivity index (χ4v) is 2.44. The molecular weight excluding hydrogens is 278 g/mol. The van der Waals surface area contributed by atoms with Crippen LogP contribution in [0.2, 0.25) is 0 Å². The summed E-state index contributed by atoms with van der Waals surface area (Å²) in [5, 5.41) is 3.01. The summed E-state index contributed by atoms with van der Waals surface area (Å²) in [5.41, 5.74) is 2.95. The molecule has 3 rings (SSSR count). The lowest BCUT2D eigenvalue weighted by Gasteiger charge is -2.15. The molecule has 2 aromatic rings. The third-order valence-corrected chi connectivity index (χ3v) is 3.87. The zero-order valence-corrected chi connectivity index (χ0v) is 12.8. The van der Waals surface area contributed by atoms with Crippen molar-refractivity contribution in [1.82, 2.24) is 5.32 Å². The van der Waals surface area contributed by atoms with E-state index in [1.165, 1.54) is 5.56 Å². The Kier molecular flexibility index (Phi) is 4.00. The van der Waals surface area contributed by atoms with E-state index in [0.29, 0.717) is 17.1 Å². The summed E-state index contributed by atoms with van der Waals surface area (Å²) in [5.74, 6) is 1.18. The molecule has 0 aromatic heterocycles. The van der Waals surface area contributed by atoms with Gasteiger partial charge < -0.3 is 14.8 Å². The minimum absolute atomic E-state index is 0.0520. The molecule has 0 spiro atoms. The van der Waals surface area contributed by atoms with Gasteiger partial charge in [0.15, 0.2) is 11.5 Å². The Hall–Kier alpha value is -2.49. The highest BCUT2D eigenvalue weighted by Crippen LogP contribution is 2.32. The summed E-state index contributed by atoms with van der Waals surface area (Å²) in [7, 11) is 0. The average molecular weight is 297 g/mol. The van der Waals surface area contributed by atoms with E-state index in [9.17, 15) is 4.79 Å². The lowest BCUT2D eigenvalue weighted by Crippen LogP contribution is -2.26. The maximum Gasteiger partial charge on any atom is 0.251 e. The minimum Gasteiger partial charge on any atom is -0.454 e. The normalized spacial score (nSPS) is 13.7. The van der Waals surface area contributed by atoms with Crippen LogP contribution in [-0.4, -0.2) is 12.7 Å². The van der Waals surface area contributed by atoms with Crippen LogP contribution in [0, 0.1) is 0 Å². The second kappa shape index (κ2) is 6.10. The first-order chi connectivity index (χ1) is 10.7. The Bertz CT molecular complexity index is 679. The molecule has 1 aliphatic heterocycles. The van der Waals surface area contributed by atoms with Crippen LogP contribution in [0.25, 0.3) is 0 Å². The van der Waals surface area contributed by atoms with Crippen molar-refractivity contribution in [2.45, 2.75) is 26.3 Å². The highest BCUT2D eigenvalue weighted by molar-refractivity contribution is 5.95. The zero-order chi connectivity index (χ0) is 15.5. The molecule has 1 atom stereocenters. The van der Waals surface area contributed by atoms with E-state index in [1.54, 1.807) is 18.2 Å². The van der Waals surface area contributed by atoms with Crippen LogP contribution in [0.5, 0.6) is 11.5 Å². The molecule has 1 aliphatic rings. The number of benzene rings is 2. The molecule has 4 nitrogen and oxygen atoms in total. The Morgan fingerprint density at radius 2 is 1.86 bits per heavy atom. The van der Waals surface area contributed by atoms with Gasteiger partial charge in [0, 0.05) is 5.56 Å². The van der Waals surface area contributed by atoms with Crippen molar-refractivity contribution in [1.29, 1.82) is 0 Å². The Balaban J connectivity index is 1.70. The molecule has 0 radical (unpaired) electrons. The number of nitrogens with one attached hydrogen (secondary N) is 1. The predicted molar refractivity (Wildman–Crippen MR) is 84.3 cm³/mol. The van der Waals surface area contributed by atoms with E-state index in [2.05, 4.69) is 36.5 Å². The second-order valence-electron chi connectivity index (χ2n) is 5.36. The van der Waals surface area contributed by atoms with Crippen LogP contribution in [0.1, 0.15) is 41.4 Å². The molecule has 0 bridgehead atoms. The predicted octanol–water partition coefficient (Wildman–Crippen LogP) is 3.47. The molecule has 1 heterocycles. The van der Waals surface area contributed by atoms with Crippen molar-refractivity contribution in [2.24, 2.45) is 0 Å². The number of rotatable bonds is 4. The van der Waals surface area contributed by atoms with Crippen molar-refractivity contribution in [3.8, 4) is 11.5 Å². The lowest BCUT2D eigenvalue weighted by molar-refractivity contribution is 0.0939. The molecular formula is C18H19NO3. The maximum atomic E-state index is 12.3. The lowest BCUT2D eigenvalue weighted by atomic mass is 10.0. The fraction of sp³-hybridized carbons (Fsp3) is 0.278. The highest BCUT2D eigenvalue weighted by Gasteiger charge is 2.17. The van der Waals surface area contributed by atoms with Gasteiger partial charge in [0.1, 0.15) is 0 Å². The van der Waals surface area contributed by atoms with E-state index >= 15 is 0 Å². The molecule has 1 amide bonds. The van der Waals surface area contributed by atoms with Gasteiger partial charge in [0.2, 0.25) is 6.79 Å². The van der Waals surface area contributed by atoms with Crippen LogP contribution in [0.4, 0.5) is 0 Å². The summed E-state index contributed by atoms with van der Waals surface area (Å²) in [6.45, 7) is 4.31. The second-order valence-corrected chi connectivity index (χ2v) is 5.36. The fourth-order valence-electron chi connectivity index (χ4n) is 2.44. The van der Waals surface area contributed by atoms with Crippen LogP contribution in [-0.2, 0) is 6.42 Å². The number of hydrogen-bond acceptors (Lipinski definition) is 3. The third kappa shape index (κ3) is 2.91. The van der Waals surface area contributed by atoms with Gasteiger partial charge in [-0.25, -0.2) is 0 Å². The molecule has 114 valence electrons. The third-order valence-electron chi connectivity index (χ3n) is 3.87. The van der Waals surface area contributed by atoms with Gasteiger partial charge in [-0.3, -0.25) is 4.79 Å². The standard InChI is InChI=1S/C18H19NO3/c1-3-13-4-6-14(7-5-13)12(2)19-18(20)15-8-9-16-17(10-15)22-11-21-16/h4-10,12H,3,11H2,1-2H3,(H,19,20)/t12-/m1/s1. The quantitative estimate of drug-likeness (QED) is 0.940. The van der Waals surface area contributed by atoms with E-state index in [0.717, 1.165) is 12.0 Å². The Morgan fingerprint density at radius 3 is 2.59 bits per heavy atom. The Morgan fingerprint density at radius 1 is 1.14 bits per heavy atom. The van der Waals surface area contributed by atoms with Gasteiger partial charge in [-0.05, 0) is 42.7 Å². The van der Waals surface area contributed by atoms with Crippen LogP contribution in [0.3, 0.4) is 0 Å². The number of hydrogen-bond donors (Lipinski definition) is 1. The van der Waals surface area contributed by atoms with Gasteiger partial charge >= 0.3 is 0 Å². The van der Waals surface area contributed by atoms with Gasteiger partial charge in [-0.1, -0.05) is 31.2 Å². The monoisotopic (exact) mass is 297 g/mol. The zero-order valence-electron chi connectivity index (χ0n) is 12.8. The summed E-state index contributed by atoms with van der Waals surface area (Å²) < 4.78 is 10.6. The van der Waals surface area contributed by atoms with Crippen molar-refractivity contribution in [3.63, 3.8) is 0 Å². The average Bonchev–Trinajstić information content (AvgIpc) is 3.02. The highest BCUT2D eigenvalue weighted by atomic mass is 16.7. The molecule has 0 unspecified atom stereocenters. The molecule has 0 fully saturated rings. The van der Waals surface area contributed by atoms with E-state index < -0.39 is 0 Å². The SMILES string of the molecule is CCc1ccc([C@@H](C)NC(=O)c2ccc3c(c2)OCO3)cc1. The molecule has 0 saturated carbocycles. The largest absolute Gasteiger partial charge is 0.454 e. The van der Waals surface area contributed by atoms with Crippen LogP contribution < -0.4 is 14.8 Å². The molecule has 0 saturated heterocycles.